The molecule has 0 atom stereocenters. The van der Waals surface area contributed by atoms with E-state index in [9.17, 15) is 0 Å². The molecule has 0 N–H and O–H groups in total. The van der Waals surface area contributed by atoms with Crippen molar-refractivity contribution in [3.63, 3.8) is 0 Å². The van der Waals surface area contributed by atoms with E-state index in [1.165, 1.54) is 0 Å². The van der Waals surface area contributed by atoms with Gasteiger partial charge in [-0.1, -0.05) is 0 Å². The largest absolute Gasteiger partial charge is 0.382 e. The monoisotopic (exact) mass is 286 g/mol. The van der Waals surface area contributed by atoms with Crippen molar-refractivity contribution in [1.82, 2.24) is 0 Å². The van der Waals surface area contributed by atoms with Crippen molar-refractivity contribution in [2.45, 2.75) is 45.0 Å². The molecule has 0 rings (SSSR count). The Morgan fingerprint density at radius 2 is 1.60 bits per heavy atom. The lowest BCUT2D eigenvalue weighted by atomic mass is 10.3. The van der Waals surface area contributed by atoms with Crippen LogP contribution in [0.25, 0.3) is 0 Å². The molecule has 0 unspecified atom stereocenters. The molecule has 0 aliphatic heterocycles. The SMILES string of the molecule is C[SiH](C)OC(CCCCl)(O[SiH3])O[SiH](C)C. The molecular weight excluding hydrogens is 264 g/mol. The molecule has 0 aromatic carbocycles. The molecule has 0 heterocycles. The highest BCUT2D eigenvalue weighted by atomic mass is 35.5. The molecule has 0 aliphatic carbocycles. The van der Waals surface area contributed by atoms with Crippen LogP contribution in [-0.4, -0.2) is 40.4 Å². The van der Waals surface area contributed by atoms with Gasteiger partial charge in [-0.2, -0.15) is 0 Å². The van der Waals surface area contributed by atoms with E-state index in [0.717, 1.165) is 12.8 Å². The van der Waals surface area contributed by atoms with Crippen LogP contribution in [0, 0.1) is 0 Å². The van der Waals surface area contributed by atoms with Crippen molar-refractivity contribution in [2.24, 2.45) is 0 Å². The molecule has 92 valence electrons. The minimum absolute atomic E-state index is 0.624. The first-order valence-electron chi connectivity index (χ1n) is 5.42. The maximum Gasteiger partial charge on any atom is 0.253 e. The Labute approximate surface area is 104 Å². The average Bonchev–Trinajstić information content (AvgIpc) is 2.12. The lowest BCUT2D eigenvalue weighted by Gasteiger charge is -2.36. The zero-order chi connectivity index (χ0) is 11.9. The van der Waals surface area contributed by atoms with Crippen LogP contribution in [0.15, 0.2) is 0 Å². The lowest BCUT2D eigenvalue weighted by Crippen LogP contribution is -2.44. The smallest absolute Gasteiger partial charge is 0.253 e. The van der Waals surface area contributed by atoms with Crippen LogP contribution in [0.4, 0.5) is 0 Å². The summed E-state index contributed by atoms with van der Waals surface area (Å²) in [5.74, 6) is -0.138. The number of alkyl halides is 1. The minimum Gasteiger partial charge on any atom is -0.382 e. The first kappa shape index (κ1) is 15.8. The van der Waals surface area contributed by atoms with Crippen molar-refractivity contribution in [3.05, 3.63) is 0 Å². The molecule has 0 bridgehead atoms. The normalized spacial score (nSPS) is 13.0. The van der Waals surface area contributed by atoms with E-state index in [0.29, 0.717) is 16.4 Å². The molecular formula is C8H23ClO3Si3. The maximum atomic E-state index is 5.91. The highest BCUT2D eigenvalue weighted by molar-refractivity contribution is 6.49. The van der Waals surface area contributed by atoms with Gasteiger partial charge in [0.2, 0.25) is 0 Å². The van der Waals surface area contributed by atoms with Crippen LogP contribution < -0.4 is 0 Å². The molecule has 7 heteroatoms. The van der Waals surface area contributed by atoms with Crippen molar-refractivity contribution in [3.8, 4) is 0 Å². The third-order valence-corrected chi connectivity index (χ3v) is 4.31. The van der Waals surface area contributed by atoms with Crippen molar-refractivity contribution in [2.75, 3.05) is 5.88 Å². The van der Waals surface area contributed by atoms with E-state index in [-0.39, 0.29) is 0 Å². The quantitative estimate of drug-likeness (QED) is 0.378. The number of hydrogen-bond donors (Lipinski definition) is 0. The number of hydrogen-bond acceptors (Lipinski definition) is 3. The van der Waals surface area contributed by atoms with E-state index in [4.69, 9.17) is 24.9 Å². The van der Waals surface area contributed by atoms with Crippen molar-refractivity contribution in [1.29, 1.82) is 0 Å². The third-order valence-electron chi connectivity index (χ3n) is 1.76. The Morgan fingerprint density at radius 3 is 1.87 bits per heavy atom. The summed E-state index contributed by atoms with van der Waals surface area (Å²) < 4.78 is 17.4. The van der Waals surface area contributed by atoms with E-state index in [2.05, 4.69) is 26.2 Å². The Bertz CT molecular complexity index is 159. The summed E-state index contributed by atoms with van der Waals surface area (Å²) in [6.45, 7) is 8.51. The molecule has 0 amide bonds. The van der Waals surface area contributed by atoms with Gasteiger partial charge in [-0.05, 0) is 32.6 Å². The molecule has 0 fully saturated rings. The fourth-order valence-corrected chi connectivity index (χ4v) is 4.35. The third kappa shape index (κ3) is 6.88. The fraction of sp³-hybridized carbons (Fsp3) is 1.00. The van der Waals surface area contributed by atoms with E-state index < -0.39 is 24.1 Å². The van der Waals surface area contributed by atoms with Gasteiger partial charge in [0.15, 0.2) is 28.6 Å². The zero-order valence-corrected chi connectivity index (χ0v) is 15.4. The average molecular weight is 287 g/mol. The highest BCUT2D eigenvalue weighted by Crippen LogP contribution is 2.23. The number of halogens is 1. The van der Waals surface area contributed by atoms with Crippen LogP contribution in [0.2, 0.25) is 26.2 Å². The van der Waals surface area contributed by atoms with Gasteiger partial charge in [0.05, 0.1) is 0 Å². The van der Waals surface area contributed by atoms with Gasteiger partial charge in [0.1, 0.15) is 0 Å². The first-order valence-corrected chi connectivity index (χ1v) is 12.3. The van der Waals surface area contributed by atoms with Crippen LogP contribution in [0.5, 0.6) is 0 Å². The molecule has 3 nitrogen and oxygen atoms in total. The molecule has 15 heavy (non-hydrogen) atoms. The molecule has 0 radical (unpaired) electrons. The minimum atomic E-state index is -1.16. The summed E-state index contributed by atoms with van der Waals surface area (Å²) in [5, 5.41) is 0. The van der Waals surface area contributed by atoms with Crippen LogP contribution >= 0.6 is 11.6 Å². The van der Waals surface area contributed by atoms with Gasteiger partial charge in [-0.15, -0.1) is 11.6 Å². The predicted molar refractivity (Wildman–Crippen MR) is 73.6 cm³/mol. The summed E-state index contributed by atoms with van der Waals surface area (Å²) in [5.41, 5.74) is 0. The van der Waals surface area contributed by atoms with Gasteiger partial charge in [0.25, 0.3) is 5.97 Å². The second kappa shape index (κ2) is 7.99. The standard InChI is InChI=1S/C8H23ClO3Si3/c1-14(2)11-8(10-13,6-5-7-9)12-15(3)4/h14-15H,5-7H2,1-4,13H3. The highest BCUT2D eigenvalue weighted by Gasteiger charge is 2.32. The second-order valence-corrected chi connectivity index (χ2v) is 9.47. The molecule has 0 saturated carbocycles. The molecule has 0 saturated heterocycles. The van der Waals surface area contributed by atoms with Gasteiger partial charge >= 0.3 is 0 Å². The van der Waals surface area contributed by atoms with Gasteiger partial charge in [-0.25, -0.2) is 0 Å². The van der Waals surface area contributed by atoms with Crippen molar-refractivity contribution >= 4 is 40.2 Å². The molecule has 0 spiro atoms. The summed E-state index contributed by atoms with van der Waals surface area (Å²) >= 11 is 5.70. The van der Waals surface area contributed by atoms with E-state index in [1.807, 2.05) is 0 Å². The summed E-state index contributed by atoms with van der Waals surface area (Å²) in [6.07, 6.45) is 1.61. The Balaban J connectivity index is 4.44. The second-order valence-electron chi connectivity index (χ2n) is 4.01. The first-order chi connectivity index (χ1) is 6.95. The molecule has 0 aromatic rings. The summed E-state index contributed by atoms with van der Waals surface area (Å²) in [4.78, 5) is 0. The summed E-state index contributed by atoms with van der Waals surface area (Å²) in [7, 11) is -1.70. The van der Waals surface area contributed by atoms with Crippen molar-refractivity contribution < 1.29 is 13.3 Å². The fourth-order valence-electron chi connectivity index (χ4n) is 1.35. The molecule has 0 aliphatic rings. The Morgan fingerprint density at radius 1 is 1.13 bits per heavy atom. The van der Waals surface area contributed by atoms with E-state index in [1.54, 1.807) is 0 Å². The molecule has 0 aromatic heterocycles. The summed E-state index contributed by atoms with van der Waals surface area (Å²) in [6, 6.07) is 0. The van der Waals surface area contributed by atoms with Gasteiger partial charge < -0.3 is 13.3 Å². The van der Waals surface area contributed by atoms with Crippen LogP contribution in [-0.2, 0) is 13.3 Å². The number of rotatable bonds is 8. The van der Waals surface area contributed by atoms with Gasteiger partial charge in [-0.3, -0.25) is 0 Å². The van der Waals surface area contributed by atoms with E-state index >= 15 is 0 Å². The Kier molecular flexibility index (Phi) is 8.43. The predicted octanol–water partition coefficient (Wildman–Crippen LogP) is 0.956. The van der Waals surface area contributed by atoms with Gasteiger partial charge in [0, 0.05) is 12.3 Å². The topological polar surface area (TPSA) is 27.7 Å². The Hall–Kier alpha value is 0.821. The van der Waals surface area contributed by atoms with Crippen LogP contribution in [0.1, 0.15) is 12.8 Å². The van der Waals surface area contributed by atoms with Crippen LogP contribution in [0.3, 0.4) is 0 Å². The lowest BCUT2D eigenvalue weighted by molar-refractivity contribution is -0.261. The zero-order valence-electron chi connectivity index (χ0n) is 10.4. The maximum absolute atomic E-state index is 5.91.